The number of urea groups is 1. The van der Waals surface area contributed by atoms with Crippen molar-refractivity contribution < 1.29 is 14.4 Å². The van der Waals surface area contributed by atoms with Crippen molar-refractivity contribution in [3.8, 4) is 0 Å². The molecule has 35 heavy (non-hydrogen) atoms. The number of imide groups is 2. The number of hydrogen-bond acceptors (Lipinski definition) is 3. The largest absolute Gasteiger partial charge is 0.342 e. The quantitative estimate of drug-likeness (QED) is 0.331. The number of hydrogen-bond donors (Lipinski definition) is 1. The SMILES string of the molecule is Cc1ccc(Cn2cc(/C=C3\C(=O)NC(=O)N(c4ccc(C)c(C)c4)C3=O)c3ccccc32)cc1. The summed E-state index contributed by atoms with van der Waals surface area (Å²) in [7, 11) is 0. The molecule has 2 heterocycles. The predicted octanol–water partition coefficient (Wildman–Crippen LogP) is 5.28. The van der Waals surface area contributed by atoms with Gasteiger partial charge in [0, 0.05) is 29.2 Å². The number of nitrogens with zero attached hydrogens (tertiary/aromatic N) is 2. The maximum absolute atomic E-state index is 13.4. The molecule has 1 saturated heterocycles. The Morgan fingerprint density at radius 1 is 0.857 bits per heavy atom. The molecule has 1 aliphatic heterocycles. The minimum absolute atomic E-state index is 0.0823. The Hall–Kier alpha value is -4.45. The van der Waals surface area contributed by atoms with Gasteiger partial charge >= 0.3 is 6.03 Å². The van der Waals surface area contributed by atoms with Gasteiger partial charge in [-0.15, -0.1) is 0 Å². The van der Waals surface area contributed by atoms with Crippen LogP contribution in [0, 0.1) is 20.8 Å². The Balaban J connectivity index is 1.56. The summed E-state index contributed by atoms with van der Waals surface area (Å²) in [6.45, 7) is 6.57. The first kappa shape index (κ1) is 22.3. The minimum atomic E-state index is -0.748. The summed E-state index contributed by atoms with van der Waals surface area (Å²) in [6, 6.07) is 20.8. The predicted molar refractivity (Wildman–Crippen MR) is 137 cm³/mol. The van der Waals surface area contributed by atoms with Gasteiger partial charge in [-0.25, -0.2) is 9.69 Å². The normalized spacial score (nSPS) is 15.2. The van der Waals surface area contributed by atoms with E-state index in [1.54, 1.807) is 18.2 Å². The molecule has 0 unspecified atom stereocenters. The number of para-hydroxylation sites is 1. The van der Waals surface area contributed by atoms with Crippen molar-refractivity contribution in [2.45, 2.75) is 27.3 Å². The third-order valence-corrected chi connectivity index (χ3v) is 6.44. The van der Waals surface area contributed by atoms with E-state index < -0.39 is 17.8 Å². The van der Waals surface area contributed by atoms with E-state index in [1.807, 2.05) is 50.4 Å². The molecule has 3 aromatic carbocycles. The first-order valence-electron chi connectivity index (χ1n) is 11.4. The molecule has 174 valence electrons. The van der Waals surface area contributed by atoms with Crippen molar-refractivity contribution in [1.29, 1.82) is 0 Å². The number of aromatic nitrogens is 1. The first-order valence-corrected chi connectivity index (χ1v) is 11.4. The zero-order valence-electron chi connectivity index (χ0n) is 19.8. The van der Waals surface area contributed by atoms with Gasteiger partial charge in [0.25, 0.3) is 11.8 Å². The molecule has 0 radical (unpaired) electrons. The van der Waals surface area contributed by atoms with Crippen molar-refractivity contribution in [3.05, 3.63) is 106 Å². The Bertz CT molecular complexity index is 1530. The van der Waals surface area contributed by atoms with Gasteiger partial charge in [0.05, 0.1) is 5.69 Å². The molecule has 1 aromatic heterocycles. The highest BCUT2D eigenvalue weighted by atomic mass is 16.2. The van der Waals surface area contributed by atoms with E-state index in [0.29, 0.717) is 12.2 Å². The number of nitrogens with one attached hydrogen (secondary N) is 1. The van der Waals surface area contributed by atoms with E-state index in [9.17, 15) is 14.4 Å². The zero-order valence-corrected chi connectivity index (χ0v) is 19.8. The fraction of sp³-hybridized carbons (Fsp3) is 0.138. The van der Waals surface area contributed by atoms with Gasteiger partial charge in [-0.2, -0.15) is 0 Å². The molecular weight excluding hydrogens is 438 g/mol. The van der Waals surface area contributed by atoms with Crippen LogP contribution in [-0.2, 0) is 16.1 Å². The fourth-order valence-electron chi connectivity index (χ4n) is 4.32. The molecule has 1 aliphatic rings. The topological polar surface area (TPSA) is 71.4 Å². The van der Waals surface area contributed by atoms with Gasteiger partial charge in [0.15, 0.2) is 0 Å². The van der Waals surface area contributed by atoms with E-state index in [-0.39, 0.29) is 5.57 Å². The third kappa shape index (κ3) is 4.15. The maximum atomic E-state index is 13.4. The number of benzene rings is 3. The Morgan fingerprint density at radius 3 is 2.34 bits per heavy atom. The lowest BCUT2D eigenvalue weighted by molar-refractivity contribution is -0.122. The van der Waals surface area contributed by atoms with Crippen LogP contribution in [0.3, 0.4) is 0 Å². The van der Waals surface area contributed by atoms with Crippen LogP contribution in [0.1, 0.15) is 27.8 Å². The van der Waals surface area contributed by atoms with Gasteiger partial charge in [-0.1, -0.05) is 54.1 Å². The molecule has 6 nitrogen and oxygen atoms in total. The summed E-state index contributed by atoms with van der Waals surface area (Å²) in [5.41, 5.74) is 6.41. The van der Waals surface area contributed by atoms with Gasteiger partial charge in [0.1, 0.15) is 5.57 Å². The molecule has 0 saturated carbocycles. The van der Waals surface area contributed by atoms with Crippen molar-refractivity contribution in [3.63, 3.8) is 0 Å². The van der Waals surface area contributed by atoms with Gasteiger partial charge in [-0.3, -0.25) is 14.9 Å². The highest BCUT2D eigenvalue weighted by molar-refractivity contribution is 6.39. The van der Waals surface area contributed by atoms with Gasteiger partial charge < -0.3 is 4.57 Å². The Kier molecular flexibility index (Phi) is 5.57. The van der Waals surface area contributed by atoms with Crippen LogP contribution < -0.4 is 10.2 Å². The van der Waals surface area contributed by atoms with Crippen LogP contribution in [0.2, 0.25) is 0 Å². The minimum Gasteiger partial charge on any atom is -0.342 e. The highest BCUT2D eigenvalue weighted by Gasteiger charge is 2.37. The number of amides is 4. The van der Waals surface area contributed by atoms with Crippen LogP contribution in [0.5, 0.6) is 0 Å². The maximum Gasteiger partial charge on any atom is 0.335 e. The summed E-state index contributed by atoms with van der Waals surface area (Å²) in [5, 5.41) is 3.23. The van der Waals surface area contributed by atoms with E-state index in [0.717, 1.165) is 38.1 Å². The second-order valence-corrected chi connectivity index (χ2v) is 8.94. The fourth-order valence-corrected chi connectivity index (χ4v) is 4.32. The van der Waals surface area contributed by atoms with Gasteiger partial charge in [-0.05, 0) is 61.7 Å². The summed E-state index contributed by atoms with van der Waals surface area (Å²) in [4.78, 5) is 39.7. The molecule has 0 spiro atoms. The number of fused-ring (bicyclic) bond motifs is 1. The average Bonchev–Trinajstić information content (AvgIpc) is 3.17. The van der Waals surface area contributed by atoms with Crippen LogP contribution in [0.15, 0.2) is 78.5 Å². The highest BCUT2D eigenvalue weighted by Crippen LogP contribution is 2.28. The van der Waals surface area contributed by atoms with Crippen LogP contribution in [0.25, 0.3) is 17.0 Å². The van der Waals surface area contributed by atoms with E-state index in [1.165, 1.54) is 5.56 Å². The lowest BCUT2D eigenvalue weighted by Crippen LogP contribution is -2.54. The lowest BCUT2D eigenvalue weighted by Gasteiger charge is -2.26. The zero-order chi connectivity index (χ0) is 24.7. The molecular formula is C29H25N3O3. The molecule has 5 rings (SSSR count). The third-order valence-electron chi connectivity index (χ3n) is 6.44. The lowest BCUT2D eigenvalue weighted by atomic mass is 10.0. The number of aryl methyl sites for hydroxylation is 3. The smallest absolute Gasteiger partial charge is 0.335 e. The summed E-state index contributed by atoms with van der Waals surface area (Å²) in [6.07, 6.45) is 3.51. The number of rotatable bonds is 4. The Labute approximate surface area is 203 Å². The molecule has 4 aromatic rings. The monoisotopic (exact) mass is 463 g/mol. The molecule has 4 amide bonds. The van der Waals surface area contributed by atoms with Gasteiger partial charge in [0.2, 0.25) is 0 Å². The number of carbonyl (C=O) groups is 3. The molecule has 0 aliphatic carbocycles. The molecule has 1 fully saturated rings. The van der Waals surface area contributed by atoms with Crippen molar-refractivity contribution in [1.82, 2.24) is 9.88 Å². The second-order valence-electron chi connectivity index (χ2n) is 8.94. The van der Waals surface area contributed by atoms with Crippen molar-refractivity contribution >= 4 is 40.5 Å². The number of anilines is 1. The van der Waals surface area contributed by atoms with Crippen molar-refractivity contribution in [2.75, 3.05) is 4.90 Å². The number of barbiturate groups is 1. The second kappa shape index (κ2) is 8.72. The average molecular weight is 464 g/mol. The van der Waals surface area contributed by atoms with E-state index in [4.69, 9.17) is 0 Å². The van der Waals surface area contributed by atoms with E-state index >= 15 is 0 Å². The van der Waals surface area contributed by atoms with Crippen LogP contribution in [0.4, 0.5) is 10.5 Å². The van der Waals surface area contributed by atoms with Crippen LogP contribution >= 0.6 is 0 Å². The first-order chi connectivity index (χ1) is 16.8. The van der Waals surface area contributed by atoms with Crippen LogP contribution in [-0.4, -0.2) is 22.4 Å². The molecule has 6 heteroatoms. The van der Waals surface area contributed by atoms with Crippen molar-refractivity contribution in [2.24, 2.45) is 0 Å². The number of carbonyl (C=O) groups excluding carboxylic acids is 3. The summed E-state index contributed by atoms with van der Waals surface area (Å²) < 4.78 is 2.10. The summed E-state index contributed by atoms with van der Waals surface area (Å²) in [5.74, 6) is -1.34. The molecule has 0 atom stereocenters. The molecule has 1 N–H and O–H groups in total. The Morgan fingerprint density at radius 2 is 1.60 bits per heavy atom. The van der Waals surface area contributed by atoms with E-state index in [2.05, 4.69) is 41.1 Å². The molecule has 0 bridgehead atoms. The summed E-state index contributed by atoms with van der Waals surface area (Å²) >= 11 is 0. The standard InChI is InChI=1S/C29H25N3O3/c1-18-8-11-21(12-9-18)16-31-17-22(24-6-4-5-7-26(24)31)15-25-27(33)30-29(35)32(28(25)34)23-13-10-19(2)20(3)14-23/h4-15,17H,16H2,1-3H3,(H,30,33,35)/b25-15+.